The molecule has 0 fully saturated rings. The molecule has 0 atom stereocenters. The van der Waals surface area contributed by atoms with Crippen LogP contribution >= 0.6 is 0 Å². The average molecular weight is 221 g/mol. The molecule has 0 aromatic rings. The van der Waals surface area contributed by atoms with Gasteiger partial charge in [0.1, 0.15) is 0 Å². The largest absolute Gasteiger partial charge is 0.870 e. The summed E-state index contributed by atoms with van der Waals surface area (Å²) >= 11 is 1.71. The van der Waals surface area contributed by atoms with Crippen molar-refractivity contribution in [3.8, 4) is 0 Å². The summed E-state index contributed by atoms with van der Waals surface area (Å²) < 4.78 is 1.46. The van der Waals surface area contributed by atoms with E-state index < -0.39 is 0 Å². The van der Waals surface area contributed by atoms with Gasteiger partial charge in [-0.1, -0.05) is 0 Å². The molecule has 0 rings (SSSR count). The Balaban J connectivity index is 0. The van der Waals surface area contributed by atoms with Crippen LogP contribution in [0.1, 0.15) is 45.4 Å². The molecule has 10 heavy (non-hydrogen) atoms. The van der Waals surface area contributed by atoms with E-state index in [0.29, 0.717) is 0 Å². The van der Waals surface area contributed by atoms with E-state index >= 15 is 0 Å². The maximum atomic E-state index is 2.27. The third-order valence-corrected chi connectivity index (χ3v) is 2.40. The third-order valence-electron chi connectivity index (χ3n) is 1.53. The predicted octanol–water partition coefficient (Wildman–Crippen LogP) is 3.14. The molecule has 0 aliphatic rings. The Kier molecular flexibility index (Phi) is 16.8. The van der Waals surface area contributed by atoms with Gasteiger partial charge in [0.2, 0.25) is 0 Å². The Hall–Kier alpha value is 0.843. The van der Waals surface area contributed by atoms with Gasteiger partial charge in [-0.25, -0.2) is 0 Å². The second-order valence-corrected chi connectivity index (χ2v) is 3.75. The minimum Gasteiger partial charge on any atom is -0.870 e. The van der Waals surface area contributed by atoms with Gasteiger partial charge in [-0.2, -0.15) is 0 Å². The molecule has 0 aromatic carbocycles. The van der Waals surface area contributed by atoms with Crippen LogP contribution in [0.4, 0.5) is 0 Å². The molecule has 0 saturated carbocycles. The molecule has 0 amide bonds. The molecule has 0 aliphatic heterocycles. The number of hydrogen-bond acceptors (Lipinski definition) is 1. The summed E-state index contributed by atoms with van der Waals surface area (Å²) in [5.74, 6) is 0. The summed E-state index contributed by atoms with van der Waals surface area (Å²) in [7, 11) is 0. The summed E-state index contributed by atoms with van der Waals surface area (Å²) in [4.78, 5) is 0. The number of hydrogen-bond donors (Lipinski definition) is 0. The summed E-state index contributed by atoms with van der Waals surface area (Å²) in [6.07, 6.45) is 8.71. The van der Waals surface area contributed by atoms with E-state index in [2.05, 4.69) is 6.92 Å². The Labute approximate surface area is 79.7 Å². The average Bonchev–Trinajstić information content (AvgIpc) is 1.89. The topological polar surface area (TPSA) is 30.0 Å². The molecule has 0 bridgehead atoms. The van der Waals surface area contributed by atoms with Crippen LogP contribution in [0.15, 0.2) is 0 Å². The van der Waals surface area contributed by atoms with Crippen LogP contribution in [0.3, 0.4) is 0 Å². The standard InChI is InChI=1S/C8H17.H2O.Zr/c1-3-5-7-8-6-4-2;;/h1,3-8H2,2H3;1H2;/q;;+1/p-1. The molecule has 2 heteroatoms. The van der Waals surface area contributed by atoms with Crippen molar-refractivity contribution in [2.45, 2.75) is 49.6 Å². The van der Waals surface area contributed by atoms with Gasteiger partial charge in [-0.3, -0.25) is 0 Å². The van der Waals surface area contributed by atoms with E-state index in [1.54, 1.807) is 24.7 Å². The van der Waals surface area contributed by atoms with Crippen LogP contribution in [0.25, 0.3) is 0 Å². The molecule has 0 aliphatic carbocycles. The molecule has 60 valence electrons. The van der Waals surface area contributed by atoms with Crippen LogP contribution in [-0.2, 0) is 24.7 Å². The fourth-order valence-corrected chi connectivity index (χ4v) is 1.52. The van der Waals surface area contributed by atoms with Gasteiger partial charge in [-0.15, -0.1) is 0 Å². The van der Waals surface area contributed by atoms with Crippen LogP contribution in [-0.4, -0.2) is 5.48 Å². The van der Waals surface area contributed by atoms with E-state index in [9.17, 15) is 0 Å². The zero-order valence-electron chi connectivity index (χ0n) is 6.90. The molecule has 0 heterocycles. The van der Waals surface area contributed by atoms with Gasteiger partial charge < -0.3 is 5.48 Å². The van der Waals surface area contributed by atoms with Crippen molar-refractivity contribution in [1.82, 2.24) is 0 Å². The zero-order valence-corrected chi connectivity index (χ0v) is 9.36. The molecule has 0 spiro atoms. The molecular weight excluding hydrogens is 203 g/mol. The van der Waals surface area contributed by atoms with Crippen molar-refractivity contribution in [2.75, 3.05) is 0 Å². The van der Waals surface area contributed by atoms with Crippen LogP contribution in [0, 0.1) is 0 Å². The summed E-state index contributed by atoms with van der Waals surface area (Å²) in [5, 5.41) is 0. The first-order valence-corrected chi connectivity index (χ1v) is 5.80. The van der Waals surface area contributed by atoms with Gasteiger partial charge >= 0.3 is 74.3 Å². The van der Waals surface area contributed by atoms with Gasteiger partial charge in [0.25, 0.3) is 0 Å². The maximum Gasteiger partial charge on any atom is -0.870 e. The first kappa shape index (κ1) is 13.4. The summed E-state index contributed by atoms with van der Waals surface area (Å²) in [6.45, 7) is 2.27. The fourth-order valence-electron chi connectivity index (χ4n) is 0.905. The smallest absolute Gasteiger partial charge is 0.870 e. The van der Waals surface area contributed by atoms with E-state index in [1.165, 1.54) is 42.7 Å². The van der Waals surface area contributed by atoms with Crippen molar-refractivity contribution in [3.05, 3.63) is 0 Å². The first-order chi connectivity index (χ1) is 4.41. The third kappa shape index (κ3) is 11.6. The summed E-state index contributed by atoms with van der Waals surface area (Å²) in [6, 6.07) is 0. The quantitative estimate of drug-likeness (QED) is 0.634. The minimum atomic E-state index is 0. The van der Waals surface area contributed by atoms with Crippen LogP contribution < -0.4 is 0 Å². The van der Waals surface area contributed by atoms with E-state index in [4.69, 9.17) is 0 Å². The van der Waals surface area contributed by atoms with Crippen LogP contribution in [0.5, 0.6) is 0 Å². The SMILES string of the molecule is CCCCCCC[CH2][Zr+].[OH-]. The Morgan fingerprint density at radius 3 is 1.90 bits per heavy atom. The Morgan fingerprint density at radius 1 is 0.900 bits per heavy atom. The fraction of sp³-hybridized carbons (Fsp3) is 1.00. The van der Waals surface area contributed by atoms with Gasteiger partial charge in [0.05, 0.1) is 0 Å². The maximum absolute atomic E-state index is 2.27. The summed E-state index contributed by atoms with van der Waals surface area (Å²) in [5.41, 5.74) is 0. The van der Waals surface area contributed by atoms with Crippen molar-refractivity contribution >= 4 is 0 Å². The van der Waals surface area contributed by atoms with Crippen molar-refractivity contribution in [2.24, 2.45) is 0 Å². The molecule has 0 radical (unpaired) electrons. The molecule has 1 N–H and O–H groups in total. The van der Waals surface area contributed by atoms with Crippen molar-refractivity contribution in [3.63, 3.8) is 0 Å². The predicted molar refractivity (Wildman–Crippen MR) is 40.1 cm³/mol. The Morgan fingerprint density at radius 2 is 1.40 bits per heavy atom. The van der Waals surface area contributed by atoms with E-state index in [-0.39, 0.29) is 5.48 Å². The van der Waals surface area contributed by atoms with E-state index in [1.807, 2.05) is 0 Å². The second-order valence-electron chi connectivity index (χ2n) is 2.52. The Bertz CT molecular complexity index is 42.5. The van der Waals surface area contributed by atoms with Gasteiger partial charge in [0.15, 0.2) is 0 Å². The molecule has 0 unspecified atom stereocenters. The molecule has 0 saturated heterocycles. The normalized spacial score (nSPS) is 8.80. The minimum absolute atomic E-state index is 0. The van der Waals surface area contributed by atoms with Gasteiger partial charge in [0, 0.05) is 0 Å². The van der Waals surface area contributed by atoms with Crippen molar-refractivity contribution < 1.29 is 30.2 Å². The first-order valence-electron chi connectivity index (χ1n) is 4.06. The monoisotopic (exact) mass is 220 g/mol. The number of rotatable bonds is 6. The second kappa shape index (κ2) is 12.5. The van der Waals surface area contributed by atoms with Crippen LogP contribution in [0.2, 0.25) is 4.13 Å². The van der Waals surface area contributed by atoms with Gasteiger partial charge in [-0.05, 0) is 0 Å². The zero-order chi connectivity index (χ0) is 6.95. The van der Waals surface area contributed by atoms with Crippen molar-refractivity contribution in [1.29, 1.82) is 0 Å². The van der Waals surface area contributed by atoms with E-state index in [0.717, 1.165) is 0 Å². The molecular formula is C8H18OZr. The molecule has 0 aromatic heterocycles. The number of unbranched alkanes of at least 4 members (excludes halogenated alkanes) is 5. The molecule has 1 nitrogen and oxygen atoms in total.